The average molecular weight is 335 g/mol. The number of carbonyl (C=O) groups is 1. The average Bonchev–Trinajstić information content (AvgIpc) is 2.91. The fourth-order valence-electron chi connectivity index (χ4n) is 2.31. The molecular formula is C14H20Cl2N2O3. The van der Waals surface area contributed by atoms with E-state index in [4.69, 9.17) is 21.1 Å². The summed E-state index contributed by atoms with van der Waals surface area (Å²) in [5.74, 6) is 0.988. The molecule has 2 N–H and O–H groups in total. The lowest BCUT2D eigenvalue weighted by atomic mass is 10.1. The maximum Gasteiger partial charge on any atom is 0.226 e. The Balaban J connectivity index is 0.00000220. The topological polar surface area (TPSA) is 59.6 Å². The Morgan fingerprint density at radius 3 is 2.67 bits per heavy atom. The lowest BCUT2D eigenvalue weighted by Crippen LogP contribution is -2.27. The van der Waals surface area contributed by atoms with Crippen molar-refractivity contribution >= 4 is 35.6 Å². The molecule has 1 aromatic carbocycles. The highest BCUT2D eigenvalue weighted by molar-refractivity contribution is 6.32. The number of rotatable bonds is 5. The molecule has 0 saturated carbocycles. The van der Waals surface area contributed by atoms with Crippen molar-refractivity contribution in [2.24, 2.45) is 0 Å². The Hall–Kier alpha value is -1.17. The summed E-state index contributed by atoms with van der Waals surface area (Å²) < 4.78 is 10.4. The number of carbonyl (C=O) groups excluding carboxylic acids is 1. The largest absolute Gasteiger partial charge is 0.495 e. The van der Waals surface area contributed by atoms with Crippen LogP contribution in [0.4, 0.5) is 5.69 Å². The van der Waals surface area contributed by atoms with Gasteiger partial charge < -0.3 is 20.1 Å². The van der Waals surface area contributed by atoms with Crippen molar-refractivity contribution in [3.05, 3.63) is 17.2 Å². The van der Waals surface area contributed by atoms with Gasteiger partial charge in [0.15, 0.2) is 0 Å². The van der Waals surface area contributed by atoms with E-state index in [9.17, 15) is 4.79 Å². The Morgan fingerprint density at radius 1 is 1.38 bits per heavy atom. The van der Waals surface area contributed by atoms with E-state index in [1.807, 2.05) is 0 Å². The molecule has 7 heteroatoms. The minimum Gasteiger partial charge on any atom is -0.495 e. The van der Waals surface area contributed by atoms with E-state index >= 15 is 0 Å². The molecule has 1 fully saturated rings. The second-order valence-corrected chi connectivity index (χ2v) is 5.14. The zero-order valence-electron chi connectivity index (χ0n) is 12.1. The highest BCUT2D eigenvalue weighted by Gasteiger charge is 2.19. The molecule has 0 radical (unpaired) electrons. The van der Waals surface area contributed by atoms with Gasteiger partial charge in [-0.2, -0.15) is 0 Å². The van der Waals surface area contributed by atoms with Gasteiger partial charge in [0.2, 0.25) is 5.91 Å². The second kappa shape index (κ2) is 8.32. The van der Waals surface area contributed by atoms with Crippen LogP contribution in [0.1, 0.15) is 19.3 Å². The van der Waals surface area contributed by atoms with Gasteiger partial charge in [0.25, 0.3) is 0 Å². The molecule has 0 bridgehead atoms. The van der Waals surface area contributed by atoms with Crippen molar-refractivity contribution in [2.75, 3.05) is 26.1 Å². The molecule has 1 aromatic rings. The molecule has 0 spiro atoms. The van der Waals surface area contributed by atoms with Crippen LogP contribution >= 0.6 is 24.0 Å². The van der Waals surface area contributed by atoms with E-state index in [0.717, 1.165) is 19.4 Å². The van der Waals surface area contributed by atoms with Crippen LogP contribution in [0.15, 0.2) is 12.1 Å². The zero-order chi connectivity index (χ0) is 14.5. The van der Waals surface area contributed by atoms with Gasteiger partial charge in [-0.1, -0.05) is 11.6 Å². The number of ether oxygens (including phenoxy) is 2. The number of hydrogen-bond acceptors (Lipinski definition) is 4. The minimum absolute atomic E-state index is 0. The Bertz CT molecular complexity index is 491. The normalized spacial score (nSPS) is 17.0. The molecular weight excluding hydrogens is 315 g/mol. The van der Waals surface area contributed by atoms with Gasteiger partial charge >= 0.3 is 0 Å². The van der Waals surface area contributed by atoms with Crippen LogP contribution < -0.4 is 20.1 Å². The fraction of sp³-hybridized carbons (Fsp3) is 0.500. The quantitative estimate of drug-likeness (QED) is 0.869. The number of nitrogens with one attached hydrogen (secondary N) is 2. The van der Waals surface area contributed by atoms with Crippen molar-refractivity contribution in [1.29, 1.82) is 0 Å². The fourth-order valence-corrected chi connectivity index (χ4v) is 2.55. The van der Waals surface area contributed by atoms with E-state index in [1.165, 1.54) is 14.2 Å². The Labute approximate surface area is 135 Å². The summed E-state index contributed by atoms with van der Waals surface area (Å²) in [6, 6.07) is 3.56. The summed E-state index contributed by atoms with van der Waals surface area (Å²) in [5, 5.41) is 6.56. The number of methoxy groups -OCH3 is 2. The third kappa shape index (κ3) is 4.66. The predicted molar refractivity (Wildman–Crippen MR) is 86.1 cm³/mol. The van der Waals surface area contributed by atoms with Crippen LogP contribution in [0.3, 0.4) is 0 Å². The van der Waals surface area contributed by atoms with Gasteiger partial charge in [-0.25, -0.2) is 0 Å². The molecule has 2 rings (SSSR count). The number of halogens is 2. The maximum atomic E-state index is 12.0. The van der Waals surface area contributed by atoms with Gasteiger partial charge in [0.1, 0.15) is 11.5 Å². The van der Waals surface area contributed by atoms with Gasteiger partial charge in [0, 0.05) is 18.5 Å². The first-order chi connectivity index (χ1) is 9.63. The number of benzene rings is 1. The highest BCUT2D eigenvalue weighted by Crippen LogP contribution is 2.35. The van der Waals surface area contributed by atoms with Crippen LogP contribution in [0.5, 0.6) is 11.5 Å². The van der Waals surface area contributed by atoms with Crippen LogP contribution in [0.2, 0.25) is 5.02 Å². The van der Waals surface area contributed by atoms with E-state index in [-0.39, 0.29) is 24.4 Å². The van der Waals surface area contributed by atoms with E-state index < -0.39 is 0 Å². The first-order valence-corrected chi connectivity index (χ1v) is 6.96. The third-order valence-corrected chi connectivity index (χ3v) is 3.64. The monoisotopic (exact) mass is 334 g/mol. The molecule has 5 nitrogen and oxygen atoms in total. The smallest absolute Gasteiger partial charge is 0.226 e. The second-order valence-electron chi connectivity index (χ2n) is 4.73. The lowest BCUT2D eigenvalue weighted by molar-refractivity contribution is -0.116. The van der Waals surface area contributed by atoms with E-state index in [2.05, 4.69) is 10.6 Å². The maximum absolute atomic E-state index is 12.0. The molecule has 1 unspecified atom stereocenters. The summed E-state index contributed by atoms with van der Waals surface area (Å²) in [6.45, 7) is 0.982. The number of hydrogen-bond donors (Lipinski definition) is 2. The number of amides is 1. The van der Waals surface area contributed by atoms with Crippen molar-refractivity contribution in [1.82, 2.24) is 5.32 Å². The first kappa shape index (κ1) is 17.9. The van der Waals surface area contributed by atoms with Gasteiger partial charge in [-0.15, -0.1) is 12.4 Å². The van der Waals surface area contributed by atoms with Gasteiger partial charge in [-0.05, 0) is 25.5 Å². The van der Waals surface area contributed by atoms with Crippen molar-refractivity contribution < 1.29 is 14.3 Å². The molecule has 0 aromatic heterocycles. The number of anilines is 1. The summed E-state index contributed by atoms with van der Waals surface area (Å²) in [5.41, 5.74) is 0.557. The molecule has 21 heavy (non-hydrogen) atoms. The van der Waals surface area contributed by atoms with Crippen molar-refractivity contribution in [2.45, 2.75) is 25.3 Å². The molecule has 1 atom stereocenters. The van der Waals surface area contributed by atoms with E-state index in [0.29, 0.717) is 28.6 Å². The van der Waals surface area contributed by atoms with Gasteiger partial charge in [-0.3, -0.25) is 4.79 Å². The van der Waals surface area contributed by atoms with Gasteiger partial charge in [0.05, 0.1) is 24.9 Å². The molecule has 1 aliphatic heterocycles. The SMILES string of the molecule is COc1cc(OC)c(NC(=O)CC2CCCN2)cc1Cl.Cl. The summed E-state index contributed by atoms with van der Waals surface area (Å²) in [4.78, 5) is 12.0. The molecule has 0 aliphatic carbocycles. The summed E-state index contributed by atoms with van der Waals surface area (Å²) in [6.07, 6.45) is 2.61. The lowest BCUT2D eigenvalue weighted by Gasteiger charge is -2.14. The van der Waals surface area contributed by atoms with Crippen LogP contribution in [0.25, 0.3) is 0 Å². The minimum atomic E-state index is -0.0519. The van der Waals surface area contributed by atoms with Crippen molar-refractivity contribution in [3.63, 3.8) is 0 Å². The molecule has 1 heterocycles. The predicted octanol–water partition coefficient (Wildman–Crippen LogP) is 2.86. The van der Waals surface area contributed by atoms with E-state index in [1.54, 1.807) is 12.1 Å². The standard InChI is InChI=1S/C14H19ClN2O3.ClH/c1-19-12-8-13(20-2)11(7-10(12)15)17-14(18)6-9-4-3-5-16-9;/h7-9,16H,3-6H2,1-2H3,(H,17,18);1H. The molecule has 1 saturated heterocycles. The van der Waals surface area contributed by atoms with Crippen molar-refractivity contribution in [3.8, 4) is 11.5 Å². The zero-order valence-corrected chi connectivity index (χ0v) is 13.6. The Morgan fingerprint density at radius 2 is 2.10 bits per heavy atom. The summed E-state index contributed by atoms with van der Waals surface area (Å²) >= 11 is 6.07. The van der Waals surface area contributed by atoms with Crippen LogP contribution in [-0.4, -0.2) is 32.7 Å². The van der Waals surface area contributed by atoms with Crippen LogP contribution in [0, 0.1) is 0 Å². The summed E-state index contributed by atoms with van der Waals surface area (Å²) in [7, 11) is 3.07. The highest BCUT2D eigenvalue weighted by atomic mass is 35.5. The molecule has 1 amide bonds. The molecule has 1 aliphatic rings. The van der Waals surface area contributed by atoms with Crippen LogP contribution in [-0.2, 0) is 4.79 Å². The third-order valence-electron chi connectivity index (χ3n) is 3.34. The first-order valence-electron chi connectivity index (χ1n) is 6.58. The Kier molecular flexibility index (Phi) is 7.08. The molecule has 118 valence electrons.